The van der Waals surface area contributed by atoms with Crippen LogP contribution in [0.4, 0.5) is 0 Å². The molecule has 1 heterocycles. The minimum atomic E-state index is 0.689. The monoisotopic (exact) mass is 260 g/mol. The van der Waals surface area contributed by atoms with E-state index in [9.17, 15) is 0 Å². The summed E-state index contributed by atoms with van der Waals surface area (Å²) in [5.41, 5.74) is 12.0. The van der Waals surface area contributed by atoms with Crippen LogP contribution < -0.4 is 5.73 Å². The number of aromatic nitrogens is 1. The van der Waals surface area contributed by atoms with Crippen molar-refractivity contribution in [3.63, 3.8) is 0 Å². The Hall–Kier alpha value is -1.19. The van der Waals surface area contributed by atoms with Crippen molar-refractivity contribution in [1.82, 2.24) is 4.98 Å². The number of benzene rings is 1. The second-order valence-corrected chi connectivity index (χ2v) is 5.90. The summed E-state index contributed by atoms with van der Waals surface area (Å²) in [6, 6.07) is 4.49. The van der Waals surface area contributed by atoms with Crippen molar-refractivity contribution in [2.75, 3.05) is 6.54 Å². The molecule has 0 radical (unpaired) electrons. The second kappa shape index (κ2) is 5.21. The van der Waals surface area contributed by atoms with Gasteiger partial charge in [0.2, 0.25) is 0 Å². The number of nitrogens with zero attached hydrogens (tertiary/aromatic N) is 1. The lowest BCUT2D eigenvalue weighted by Crippen LogP contribution is -2.01. The third kappa shape index (κ3) is 2.47. The zero-order chi connectivity index (χ0) is 13.3. The van der Waals surface area contributed by atoms with E-state index in [1.54, 1.807) is 11.3 Å². The summed E-state index contributed by atoms with van der Waals surface area (Å²) >= 11 is 1.77. The first-order valence-corrected chi connectivity index (χ1v) is 7.09. The molecule has 0 amide bonds. The van der Waals surface area contributed by atoms with Gasteiger partial charge in [0.15, 0.2) is 0 Å². The van der Waals surface area contributed by atoms with Crippen molar-refractivity contribution in [3.8, 4) is 10.6 Å². The molecule has 2 nitrogen and oxygen atoms in total. The van der Waals surface area contributed by atoms with Crippen LogP contribution in [0.2, 0.25) is 0 Å². The molecular weight excluding hydrogens is 240 g/mol. The molecule has 3 heteroatoms. The highest BCUT2D eigenvalue weighted by atomic mass is 32.1. The normalized spacial score (nSPS) is 10.9. The van der Waals surface area contributed by atoms with Crippen LogP contribution in [0.25, 0.3) is 10.6 Å². The fourth-order valence-electron chi connectivity index (χ4n) is 2.10. The van der Waals surface area contributed by atoms with Gasteiger partial charge >= 0.3 is 0 Å². The van der Waals surface area contributed by atoms with E-state index in [0.717, 1.165) is 17.1 Å². The first kappa shape index (κ1) is 13.2. The van der Waals surface area contributed by atoms with Gasteiger partial charge in [-0.05, 0) is 63.4 Å². The number of thiazole rings is 1. The molecule has 0 saturated carbocycles. The molecule has 0 fully saturated rings. The summed E-state index contributed by atoms with van der Waals surface area (Å²) < 4.78 is 0. The van der Waals surface area contributed by atoms with Crippen LogP contribution in [0.15, 0.2) is 12.1 Å². The average molecular weight is 260 g/mol. The standard InChI is InChI=1S/C15H20N2S/c1-9-7-11(3)13(8-10(9)2)15-17-12(4)14(18-15)5-6-16/h7-8H,5-6,16H2,1-4H3. The SMILES string of the molecule is Cc1cc(C)c(-c2nc(C)c(CCN)s2)cc1C. The minimum Gasteiger partial charge on any atom is -0.330 e. The highest BCUT2D eigenvalue weighted by Gasteiger charge is 2.11. The molecule has 0 unspecified atom stereocenters. The topological polar surface area (TPSA) is 38.9 Å². The number of hydrogen-bond donors (Lipinski definition) is 1. The molecule has 1 aromatic heterocycles. The Balaban J connectivity index is 2.48. The Morgan fingerprint density at radius 2 is 1.72 bits per heavy atom. The Bertz CT molecular complexity index is 570. The molecule has 0 spiro atoms. The van der Waals surface area contributed by atoms with Crippen molar-refractivity contribution in [2.24, 2.45) is 5.73 Å². The highest BCUT2D eigenvalue weighted by molar-refractivity contribution is 7.15. The van der Waals surface area contributed by atoms with Gasteiger partial charge in [-0.1, -0.05) is 6.07 Å². The van der Waals surface area contributed by atoms with Crippen LogP contribution in [0.1, 0.15) is 27.3 Å². The highest BCUT2D eigenvalue weighted by Crippen LogP contribution is 2.31. The van der Waals surface area contributed by atoms with Gasteiger partial charge in [0.05, 0.1) is 5.69 Å². The maximum Gasteiger partial charge on any atom is 0.124 e. The van der Waals surface area contributed by atoms with Crippen LogP contribution in [-0.2, 0) is 6.42 Å². The van der Waals surface area contributed by atoms with Gasteiger partial charge in [-0.3, -0.25) is 0 Å². The van der Waals surface area contributed by atoms with E-state index in [1.165, 1.54) is 27.1 Å². The fraction of sp³-hybridized carbons (Fsp3) is 0.400. The van der Waals surface area contributed by atoms with E-state index in [-0.39, 0.29) is 0 Å². The summed E-state index contributed by atoms with van der Waals surface area (Å²) in [7, 11) is 0. The summed E-state index contributed by atoms with van der Waals surface area (Å²) in [5.74, 6) is 0. The maximum atomic E-state index is 5.63. The fourth-order valence-corrected chi connectivity index (χ4v) is 3.26. The number of nitrogens with two attached hydrogens (primary N) is 1. The molecule has 2 rings (SSSR count). The molecule has 2 aromatic rings. The summed E-state index contributed by atoms with van der Waals surface area (Å²) in [6.07, 6.45) is 0.924. The molecular formula is C15H20N2S. The third-order valence-electron chi connectivity index (χ3n) is 3.34. The number of aryl methyl sites for hydroxylation is 4. The Kier molecular flexibility index (Phi) is 3.83. The Morgan fingerprint density at radius 3 is 2.39 bits per heavy atom. The van der Waals surface area contributed by atoms with Gasteiger partial charge in [0, 0.05) is 10.4 Å². The van der Waals surface area contributed by atoms with Crippen molar-refractivity contribution in [1.29, 1.82) is 0 Å². The second-order valence-electron chi connectivity index (χ2n) is 4.82. The molecule has 1 aromatic carbocycles. The molecule has 96 valence electrons. The smallest absolute Gasteiger partial charge is 0.124 e. The molecule has 0 aliphatic heterocycles. The molecule has 0 aliphatic rings. The lowest BCUT2D eigenvalue weighted by Gasteiger charge is -2.07. The van der Waals surface area contributed by atoms with E-state index in [2.05, 4.69) is 39.8 Å². The molecule has 0 atom stereocenters. The predicted molar refractivity (Wildman–Crippen MR) is 79.3 cm³/mol. The average Bonchev–Trinajstić information content (AvgIpc) is 2.66. The molecule has 0 aliphatic carbocycles. The lowest BCUT2D eigenvalue weighted by atomic mass is 10.0. The lowest BCUT2D eigenvalue weighted by molar-refractivity contribution is 0.970. The van der Waals surface area contributed by atoms with E-state index in [1.807, 2.05) is 0 Å². The van der Waals surface area contributed by atoms with Gasteiger partial charge in [-0.25, -0.2) is 4.98 Å². The van der Waals surface area contributed by atoms with Gasteiger partial charge in [0.25, 0.3) is 0 Å². The van der Waals surface area contributed by atoms with Gasteiger partial charge in [-0.2, -0.15) is 0 Å². The largest absolute Gasteiger partial charge is 0.330 e. The number of rotatable bonds is 3. The Labute approximate surface area is 113 Å². The summed E-state index contributed by atoms with van der Waals surface area (Å²) in [4.78, 5) is 6.00. The van der Waals surface area contributed by atoms with Crippen molar-refractivity contribution >= 4 is 11.3 Å². The number of hydrogen-bond acceptors (Lipinski definition) is 3. The van der Waals surface area contributed by atoms with Crippen LogP contribution in [0.5, 0.6) is 0 Å². The first-order valence-electron chi connectivity index (χ1n) is 6.27. The molecule has 18 heavy (non-hydrogen) atoms. The summed E-state index contributed by atoms with van der Waals surface area (Å²) in [6.45, 7) is 9.22. The van der Waals surface area contributed by atoms with Gasteiger partial charge in [0.1, 0.15) is 5.01 Å². The first-order chi connectivity index (χ1) is 8.52. The Morgan fingerprint density at radius 1 is 1.06 bits per heavy atom. The third-order valence-corrected chi connectivity index (χ3v) is 4.59. The summed E-state index contributed by atoms with van der Waals surface area (Å²) in [5, 5.41) is 1.12. The van der Waals surface area contributed by atoms with Crippen LogP contribution in [0, 0.1) is 27.7 Å². The van der Waals surface area contributed by atoms with Crippen molar-refractivity contribution < 1.29 is 0 Å². The van der Waals surface area contributed by atoms with E-state index in [0.29, 0.717) is 6.54 Å². The zero-order valence-electron chi connectivity index (χ0n) is 11.5. The molecule has 0 saturated heterocycles. The van der Waals surface area contributed by atoms with Crippen molar-refractivity contribution in [2.45, 2.75) is 34.1 Å². The van der Waals surface area contributed by atoms with E-state index < -0.39 is 0 Å². The predicted octanol–water partition coefficient (Wildman–Crippen LogP) is 3.54. The van der Waals surface area contributed by atoms with Gasteiger partial charge in [-0.15, -0.1) is 11.3 Å². The molecule has 2 N–H and O–H groups in total. The zero-order valence-corrected chi connectivity index (χ0v) is 12.3. The van der Waals surface area contributed by atoms with Crippen LogP contribution in [0.3, 0.4) is 0 Å². The molecule has 0 bridgehead atoms. The van der Waals surface area contributed by atoms with E-state index >= 15 is 0 Å². The van der Waals surface area contributed by atoms with Crippen LogP contribution >= 0.6 is 11.3 Å². The maximum absolute atomic E-state index is 5.63. The van der Waals surface area contributed by atoms with Gasteiger partial charge < -0.3 is 5.73 Å². The quantitative estimate of drug-likeness (QED) is 0.916. The van der Waals surface area contributed by atoms with E-state index in [4.69, 9.17) is 10.7 Å². The van der Waals surface area contributed by atoms with Crippen molar-refractivity contribution in [3.05, 3.63) is 39.4 Å². The minimum absolute atomic E-state index is 0.689. The van der Waals surface area contributed by atoms with Crippen LogP contribution in [-0.4, -0.2) is 11.5 Å².